The molecule has 5 heterocycles. The summed E-state index contributed by atoms with van der Waals surface area (Å²) in [5, 5.41) is 20.3. The average Bonchev–Trinajstić information content (AvgIpc) is 3.84. The highest BCUT2D eigenvalue weighted by Gasteiger charge is 2.38. The zero-order valence-electron chi connectivity index (χ0n) is 27.7. The van der Waals surface area contributed by atoms with Crippen molar-refractivity contribution >= 4 is 80.5 Å². The Bertz CT molecular complexity index is 2710. The maximum atomic E-state index is 6.55. The van der Waals surface area contributed by atoms with Crippen molar-refractivity contribution in [3.8, 4) is 34.3 Å². The Morgan fingerprint density at radius 2 is 0.878 bits per heavy atom. The molecule has 9 aromatic rings. The molecule has 0 amide bonds. The quantitative estimate of drug-likeness (QED) is 0.177. The first-order chi connectivity index (χ1) is 23.8. The van der Waals surface area contributed by atoms with Crippen LogP contribution in [0.4, 0.5) is 0 Å². The Morgan fingerprint density at radius 3 is 1.35 bits per heavy atom. The molecular formula is C42H32N4OSi2. The average molecular weight is 665 g/mol. The molecule has 0 bridgehead atoms. The minimum atomic E-state index is -1.97. The third-order valence-electron chi connectivity index (χ3n) is 11.5. The Labute approximate surface area is 285 Å². The van der Waals surface area contributed by atoms with Gasteiger partial charge in [0, 0.05) is 44.0 Å². The molecule has 0 saturated carbocycles. The summed E-state index contributed by atoms with van der Waals surface area (Å²) < 4.78 is 11.5. The molecule has 7 heteroatoms. The van der Waals surface area contributed by atoms with E-state index >= 15 is 0 Å². The summed E-state index contributed by atoms with van der Waals surface area (Å²) in [4.78, 5) is 0. The first kappa shape index (κ1) is 27.4. The molecular weight excluding hydrogens is 633 g/mol. The molecule has 2 aliphatic rings. The number of benzene rings is 6. The van der Waals surface area contributed by atoms with Crippen LogP contribution in [0.3, 0.4) is 0 Å². The van der Waals surface area contributed by atoms with Gasteiger partial charge in [0.15, 0.2) is 0 Å². The predicted octanol–water partition coefficient (Wildman–Crippen LogP) is 7.87. The maximum absolute atomic E-state index is 6.55. The van der Waals surface area contributed by atoms with Crippen molar-refractivity contribution < 1.29 is 4.42 Å². The third-order valence-corrected chi connectivity index (χ3v) is 18.5. The van der Waals surface area contributed by atoms with Crippen molar-refractivity contribution in [2.75, 3.05) is 0 Å². The summed E-state index contributed by atoms with van der Waals surface area (Å²) in [6.07, 6.45) is 0. The van der Waals surface area contributed by atoms with Gasteiger partial charge in [0.1, 0.15) is 16.1 Å². The Hall–Kier alpha value is -5.51. The summed E-state index contributed by atoms with van der Waals surface area (Å²) in [6.45, 7) is 9.86. The van der Waals surface area contributed by atoms with Gasteiger partial charge in [-0.3, -0.25) is 0 Å². The van der Waals surface area contributed by atoms with Gasteiger partial charge in [-0.15, -0.1) is 10.2 Å². The van der Waals surface area contributed by atoms with Crippen LogP contribution in [0.25, 0.3) is 77.9 Å². The Kier molecular flexibility index (Phi) is 5.12. The molecule has 0 aliphatic carbocycles. The van der Waals surface area contributed by atoms with Gasteiger partial charge in [0.05, 0.1) is 22.1 Å². The third kappa shape index (κ3) is 3.38. The van der Waals surface area contributed by atoms with E-state index in [0.717, 1.165) is 11.1 Å². The van der Waals surface area contributed by atoms with Crippen molar-refractivity contribution in [2.45, 2.75) is 26.2 Å². The molecule has 6 aromatic carbocycles. The summed E-state index contributed by atoms with van der Waals surface area (Å²) in [5.74, 6) is 1.07. The number of fused-ring (bicyclic) bond motifs is 10. The van der Waals surface area contributed by atoms with E-state index < -0.39 is 16.1 Å². The van der Waals surface area contributed by atoms with E-state index in [4.69, 9.17) is 4.42 Å². The molecule has 2 aliphatic heterocycles. The molecule has 234 valence electrons. The number of rotatable bonds is 2. The van der Waals surface area contributed by atoms with E-state index in [-0.39, 0.29) is 0 Å². The lowest BCUT2D eigenvalue weighted by molar-refractivity contribution is 0.584. The van der Waals surface area contributed by atoms with Gasteiger partial charge in [0.25, 0.3) is 0 Å². The molecule has 0 saturated heterocycles. The van der Waals surface area contributed by atoms with E-state index in [1.807, 2.05) is 0 Å². The second kappa shape index (κ2) is 9.13. The van der Waals surface area contributed by atoms with Crippen molar-refractivity contribution in [1.82, 2.24) is 19.3 Å². The second-order valence-corrected chi connectivity index (χ2v) is 23.4. The molecule has 5 nitrogen and oxygen atoms in total. The summed E-state index contributed by atoms with van der Waals surface area (Å²) in [7, 11) is -3.94. The predicted molar refractivity (Wildman–Crippen MR) is 207 cm³/mol. The van der Waals surface area contributed by atoms with Crippen LogP contribution in [0.1, 0.15) is 0 Å². The molecule has 49 heavy (non-hydrogen) atoms. The van der Waals surface area contributed by atoms with Crippen LogP contribution >= 0.6 is 0 Å². The van der Waals surface area contributed by atoms with Crippen molar-refractivity contribution in [1.29, 1.82) is 0 Å². The number of aromatic nitrogens is 4. The molecule has 0 atom stereocenters. The summed E-state index contributed by atoms with van der Waals surface area (Å²) in [6, 6.07) is 44.7. The fraction of sp³-hybridized carbons (Fsp3) is 0.0952. The number of hydrogen-bond donors (Lipinski definition) is 0. The molecule has 3 aromatic heterocycles. The van der Waals surface area contributed by atoms with Gasteiger partial charge in [0.2, 0.25) is 11.8 Å². The molecule has 0 fully saturated rings. The fourth-order valence-electron chi connectivity index (χ4n) is 9.05. The normalized spacial score (nSPS) is 15.3. The van der Waals surface area contributed by atoms with Gasteiger partial charge < -0.3 is 13.6 Å². The van der Waals surface area contributed by atoms with Crippen molar-refractivity contribution in [2.24, 2.45) is 0 Å². The van der Waals surface area contributed by atoms with Gasteiger partial charge in [-0.2, -0.15) is 0 Å². The summed E-state index contributed by atoms with van der Waals surface area (Å²) in [5.41, 5.74) is 9.46. The van der Waals surface area contributed by atoms with Crippen LogP contribution in [0, 0.1) is 0 Å². The maximum Gasteiger partial charge on any atom is 0.248 e. The largest absolute Gasteiger partial charge is 0.416 e. The monoisotopic (exact) mass is 664 g/mol. The SMILES string of the molecule is C[Si]1(C)c2ccc(-c3nnc(-c4ccc5c(c4)-n4c6ccccc6c6cccc(c64)[Si]5(C)C)o3)cc2-n2c3ccccc3c3cccc1c32. The van der Waals surface area contributed by atoms with Crippen molar-refractivity contribution in [3.63, 3.8) is 0 Å². The highest BCUT2D eigenvalue weighted by molar-refractivity contribution is 7.03. The van der Waals surface area contributed by atoms with Gasteiger partial charge >= 0.3 is 0 Å². The van der Waals surface area contributed by atoms with Crippen molar-refractivity contribution in [3.05, 3.63) is 121 Å². The number of nitrogens with zero attached hydrogens (tertiary/aromatic N) is 4. The minimum absolute atomic E-state index is 0.537. The van der Waals surface area contributed by atoms with Crippen LogP contribution in [0.15, 0.2) is 126 Å². The van der Waals surface area contributed by atoms with Crippen LogP contribution in [-0.2, 0) is 0 Å². The lowest BCUT2D eigenvalue weighted by atomic mass is 10.1. The lowest BCUT2D eigenvalue weighted by Gasteiger charge is -2.33. The second-order valence-electron chi connectivity index (χ2n) is 14.7. The van der Waals surface area contributed by atoms with Gasteiger partial charge in [-0.05, 0) is 57.1 Å². The van der Waals surface area contributed by atoms with E-state index in [2.05, 4.69) is 167 Å². The zero-order valence-corrected chi connectivity index (χ0v) is 29.7. The van der Waals surface area contributed by atoms with E-state index in [1.54, 1.807) is 0 Å². The standard InChI is InChI=1S/C42H32N4OSi2/c1-48(2)35-21-19-25(23-33(35)45-31-15-7-5-11-27(31)29-13-9-17-37(48)39(29)45)41-43-44-42(47-41)26-20-22-36-34(24-26)46-32-16-8-6-12-28(32)30-14-10-18-38(40(30)46)49(36,3)4/h5-24H,1-4H3. The van der Waals surface area contributed by atoms with Crippen LogP contribution in [0.5, 0.6) is 0 Å². The van der Waals surface area contributed by atoms with E-state index in [1.165, 1.54) is 75.7 Å². The minimum Gasteiger partial charge on any atom is -0.416 e. The Balaban J connectivity index is 1.07. The van der Waals surface area contributed by atoms with E-state index in [9.17, 15) is 0 Å². The summed E-state index contributed by atoms with van der Waals surface area (Å²) >= 11 is 0. The van der Waals surface area contributed by atoms with Crippen LogP contribution in [0.2, 0.25) is 26.2 Å². The number of hydrogen-bond acceptors (Lipinski definition) is 3. The van der Waals surface area contributed by atoms with E-state index in [0.29, 0.717) is 11.8 Å². The highest BCUT2D eigenvalue weighted by atomic mass is 28.3. The smallest absolute Gasteiger partial charge is 0.248 e. The number of para-hydroxylation sites is 4. The molecule has 0 N–H and O–H groups in total. The van der Waals surface area contributed by atoms with Crippen LogP contribution < -0.4 is 20.7 Å². The molecule has 0 spiro atoms. The Morgan fingerprint density at radius 1 is 0.449 bits per heavy atom. The topological polar surface area (TPSA) is 48.8 Å². The zero-order chi connectivity index (χ0) is 32.8. The first-order valence-electron chi connectivity index (χ1n) is 17.0. The highest BCUT2D eigenvalue weighted by Crippen LogP contribution is 2.38. The molecule has 0 unspecified atom stereocenters. The fourth-order valence-corrected chi connectivity index (χ4v) is 15.0. The van der Waals surface area contributed by atoms with Gasteiger partial charge in [-0.1, -0.05) is 111 Å². The molecule has 0 radical (unpaired) electrons. The lowest BCUT2D eigenvalue weighted by Crippen LogP contribution is -2.57. The van der Waals surface area contributed by atoms with Crippen LogP contribution in [-0.4, -0.2) is 35.5 Å². The van der Waals surface area contributed by atoms with Gasteiger partial charge in [-0.25, -0.2) is 0 Å². The first-order valence-corrected chi connectivity index (χ1v) is 23.0. The molecule has 11 rings (SSSR count).